The molecule has 0 radical (unpaired) electrons. The molecule has 0 N–H and O–H groups in total. The molecule has 2 heterocycles. The normalized spacial score (nSPS) is 23.8. The lowest BCUT2D eigenvalue weighted by Crippen LogP contribution is -2.50. The van der Waals surface area contributed by atoms with E-state index in [1.54, 1.807) is 6.20 Å². The van der Waals surface area contributed by atoms with Gasteiger partial charge >= 0.3 is 12.1 Å². The fourth-order valence-electron chi connectivity index (χ4n) is 3.01. The zero-order valence-electron chi connectivity index (χ0n) is 11.9. The van der Waals surface area contributed by atoms with Crippen molar-refractivity contribution in [3.05, 3.63) is 11.8 Å². The van der Waals surface area contributed by atoms with Gasteiger partial charge in [0.15, 0.2) is 0 Å². The van der Waals surface area contributed by atoms with Crippen molar-refractivity contribution < 1.29 is 22.8 Å². The summed E-state index contributed by atoms with van der Waals surface area (Å²) in [6, 6.07) is -0.532. The van der Waals surface area contributed by atoms with Gasteiger partial charge in [0, 0.05) is 26.2 Å². The maximum atomic E-state index is 12.7. The highest BCUT2D eigenvalue weighted by Crippen LogP contribution is 2.31. The Morgan fingerprint density at radius 3 is 2.52 bits per heavy atom. The molecule has 0 aliphatic carbocycles. The Kier molecular flexibility index (Phi) is 4.58. The van der Waals surface area contributed by atoms with Crippen molar-refractivity contribution in [1.29, 1.82) is 0 Å². The van der Waals surface area contributed by atoms with Crippen LogP contribution in [0, 0.1) is 0 Å². The Hall–Kier alpha value is -1.53. The van der Waals surface area contributed by atoms with Crippen LogP contribution in [0.5, 0.6) is 0 Å². The zero-order chi connectivity index (χ0) is 15.6. The van der Waals surface area contributed by atoms with Crippen molar-refractivity contribution in [3.63, 3.8) is 0 Å². The van der Waals surface area contributed by atoms with Crippen LogP contribution in [0.3, 0.4) is 0 Å². The number of hydrogen-bond acceptors (Lipinski definition) is 2. The van der Waals surface area contributed by atoms with Crippen molar-refractivity contribution in [3.8, 4) is 0 Å². The van der Waals surface area contributed by atoms with Crippen molar-refractivity contribution in [1.82, 2.24) is 9.80 Å². The lowest BCUT2D eigenvalue weighted by molar-refractivity contribution is -0.188. The molecule has 0 aromatic rings. The molecule has 1 saturated heterocycles. The lowest BCUT2D eigenvalue weighted by Gasteiger charge is -2.39. The predicted molar refractivity (Wildman–Crippen MR) is 70.1 cm³/mol. The minimum atomic E-state index is -4.84. The van der Waals surface area contributed by atoms with Crippen LogP contribution in [0.1, 0.15) is 39.0 Å². The highest BCUT2D eigenvalue weighted by atomic mass is 19.4. The second-order valence-electron chi connectivity index (χ2n) is 5.53. The fraction of sp³-hybridized carbons (Fsp3) is 0.714. The molecule has 2 rings (SSSR count). The second kappa shape index (κ2) is 6.07. The van der Waals surface area contributed by atoms with Gasteiger partial charge in [0.2, 0.25) is 5.91 Å². The number of amides is 2. The molecule has 1 unspecified atom stereocenters. The summed E-state index contributed by atoms with van der Waals surface area (Å²) in [5.74, 6) is -1.90. The minimum Gasteiger partial charge on any atom is -0.328 e. The molecule has 0 aromatic carbocycles. The number of carbonyl (C=O) groups is 2. The first-order valence-electron chi connectivity index (χ1n) is 7.16. The molecule has 21 heavy (non-hydrogen) atoms. The van der Waals surface area contributed by atoms with Gasteiger partial charge in [0.05, 0.1) is 6.04 Å². The topological polar surface area (TPSA) is 40.6 Å². The number of carbonyl (C=O) groups excluding carboxylic acids is 2. The van der Waals surface area contributed by atoms with Gasteiger partial charge in [-0.25, -0.2) is 0 Å². The first-order chi connectivity index (χ1) is 9.80. The van der Waals surface area contributed by atoms with Gasteiger partial charge in [0.25, 0.3) is 0 Å². The van der Waals surface area contributed by atoms with Gasteiger partial charge in [-0.1, -0.05) is 0 Å². The summed E-state index contributed by atoms with van der Waals surface area (Å²) >= 11 is 0. The van der Waals surface area contributed by atoms with Gasteiger partial charge in [0.1, 0.15) is 0 Å². The zero-order valence-corrected chi connectivity index (χ0v) is 11.9. The molecule has 1 atom stereocenters. The number of halogens is 3. The summed E-state index contributed by atoms with van der Waals surface area (Å²) < 4.78 is 38.1. The second-order valence-corrected chi connectivity index (χ2v) is 5.53. The van der Waals surface area contributed by atoms with Gasteiger partial charge in [-0.15, -0.1) is 0 Å². The van der Waals surface area contributed by atoms with Crippen LogP contribution in [0.15, 0.2) is 11.8 Å². The quantitative estimate of drug-likeness (QED) is 0.746. The molecule has 0 saturated carbocycles. The average molecular weight is 304 g/mol. The van der Waals surface area contributed by atoms with E-state index in [0.29, 0.717) is 25.8 Å². The van der Waals surface area contributed by atoms with E-state index in [9.17, 15) is 22.8 Å². The molecule has 0 spiro atoms. The average Bonchev–Trinajstić information content (AvgIpc) is 2.45. The van der Waals surface area contributed by atoms with Gasteiger partial charge in [-0.2, -0.15) is 13.2 Å². The van der Waals surface area contributed by atoms with Crippen molar-refractivity contribution in [2.75, 3.05) is 13.1 Å². The van der Waals surface area contributed by atoms with E-state index in [2.05, 4.69) is 0 Å². The largest absolute Gasteiger partial charge is 0.471 e. The maximum Gasteiger partial charge on any atom is 0.471 e. The Balaban J connectivity index is 2.22. The number of alkyl halides is 3. The van der Waals surface area contributed by atoms with E-state index in [4.69, 9.17) is 0 Å². The van der Waals surface area contributed by atoms with E-state index in [0.717, 1.165) is 23.3 Å². The Bertz CT molecular complexity index is 460. The standard InChI is InChI=1S/C14H19F3N2O2/c1-10(20)18-7-4-5-11(9-18)12-6-2-3-8-19(12)13(21)14(15,16)17/h9,12H,2-8H2,1H3. The molecule has 7 heteroatoms. The molecule has 2 amide bonds. The number of hydrogen-bond donors (Lipinski definition) is 0. The number of rotatable bonds is 1. The summed E-state index contributed by atoms with van der Waals surface area (Å²) in [4.78, 5) is 25.5. The summed E-state index contributed by atoms with van der Waals surface area (Å²) in [6.45, 7) is 2.14. The summed E-state index contributed by atoms with van der Waals surface area (Å²) in [5.41, 5.74) is 0.758. The fourth-order valence-corrected chi connectivity index (χ4v) is 3.01. The van der Waals surface area contributed by atoms with Crippen LogP contribution in [0.2, 0.25) is 0 Å². The smallest absolute Gasteiger partial charge is 0.328 e. The SMILES string of the molecule is CC(=O)N1C=C(C2CCCCN2C(=O)C(F)(F)F)CCC1. The Morgan fingerprint density at radius 1 is 1.19 bits per heavy atom. The summed E-state index contributed by atoms with van der Waals surface area (Å²) in [5, 5.41) is 0. The number of nitrogens with zero attached hydrogens (tertiary/aromatic N) is 2. The minimum absolute atomic E-state index is 0.125. The third kappa shape index (κ3) is 3.57. The van der Waals surface area contributed by atoms with Crippen molar-refractivity contribution >= 4 is 11.8 Å². The van der Waals surface area contributed by atoms with E-state index in [-0.39, 0.29) is 12.5 Å². The monoisotopic (exact) mass is 304 g/mol. The van der Waals surface area contributed by atoms with Crippen LogP contribution in [-0.4, -0.2) is 46.9 Å². The van der Waals surface area contributed by atoms with E-state index in [1.807, 2.05) is 0 Å². The molecule has 1 fully saturated rings. The molecule has 4 nitrogen and oxygen atoms in total. The Morgan fingerprint density at radius 2 is 1.90 bits per heavy atom. The lowest BCUT2D eigenvalue weighted by atomic mass is 9.91. The molecular formula is C14H19F3N2O2. The predicted octanol–water partition coefficient (Wildman–Crippen LogP) is 2.46. The van der Waals surface area contributed by atoms with Gasteiger partial charge in [-0.05, 0) is 37.7 Å². The highest BCUT2D eigenvalue weighted by Gasteiger charge is 2.45. The molecular weight excluding hydrogens is 285 g/mol. The van der Waals surface area contributed by atoms with Crippen molar-refractivity contribution in [2.45, 2.75) is 51.2 Å². The molecule has 2 aliphatic heterocycles. The number of piperidine rings is 1. The van der Waals surface area contributed by atoms with Gasteiger partial charge in [-0.3, -0.25) is 9.59 Å². The molecule has 0 bridgehead atoms. The molecule has 0 aromatic heterocycles. The highest BCUT2D eigenvalue weighted by molar-refractivity contribution is 5.82. The molecule has 2 aliphatic rings. The van der Waals surface area contributed by atoms with Crippen LogP contribution < -0.4 is 0 Å². The first kappa shape index (κ1) is 15.9. The van der Waals surface area contributed by atoms with Crippen LogP contribution >= 0.6 is 0 Å². The third-order valence-corrected chi connectivity index (χ3v) is 4.02. The van der Waals surface area contributed by atoms with Crippen LogP contribution in [0.25, 0.3) is 0 Å². The third-order valence-electron chi connectivity index (χ3n) is 4.02. The van der Waals surface area contributed by atoms with Crippen LogP contribution in [0.4, 0.5) is 13.2 Å². The van der Waals surface area contributed by atoms with Crippen molar-refractivity contribution in [2.24, 2.45) is 0 Å². The maximum absolute atomic E-state index is 12.7. The summed E-state index contributed by atoms with van der Waals surface area (Å²) in [6.07, 6.45) is 0.0563. The number of likely N-dealkylation sites (tertiary alicyclic amines) is 1. The van der Waals surface area contributed by atoms with E-state index < -0.39 is 18.1 Å². The van der Waals surface area contributed by atoms with Crippen LogP contribution in [-0.2, 0) is 9.59 Å². The van der Waals surface area contributed by atoms with E-state index in [1.165, 1.54) is 11.8 Å². The van der Waals surface area contributed by atoms with E-state index >= 15 is 0 Å². The van der Waals surface area contributed by atoms with Gasteiger partial charge < -0.3 is 9.80 Å². The Labute approximate surface area is 121 Å². The first-order valence-corrected chi connectivity index (χ1v) is 7.16. The molecule has 118 valence electrons. The summed E-state index contributed by atoms with van der Waals surface area (Å²) in [7, 11) is 0.